The van der Waals surface area contributed by atoms with Crippen LogP contribution in [0.3, 0.4) is 0 Å². The van der Waals surface area contributed by atoms with Crippen LogP contribution in [0, 0.1) is 0 Å². The number of hydrogen-bond donors (Lipinski definition) is 0. The van der Waals surface area contributed by atoms with Crippen molar-refractivity contribution in [2.45, 2.75) is 12.8 Å². The lowest BCUT2D eigenvalue weighted by molar-refractivity contribution is -0.677. The molecule has 0 N–H and O–H groups in total. The fourth-order valence-electron chi connectivity index (χ4n) is 4.36. The number of aromatic nitrogens is 2. The van der Waals surface area contributed by atoms with Crippen molar-refractivity contribution in [1.29, 1.82) is 0 Å². The molecule has 146 valence electrons. The first-order chi connectivity index (χ1) is 14.7. The fourth-order valence-corrected chi connectivity index (χ4v) is 4.36. The Balaban J connectivity index is 1.44. The van der Waals surface area contributed by atoms with Crippen LogP contribution in [0.1, 0.15) is 22.5 Å². The predicted molar refractivity (Wildman–Crippen MR) is 122 cm³/mol. The third kappa shape index (κ3) is 3.46. The second-order valence-electron chi connectivity index (χ2n) is 8.09. The van der Waals surface area contributed by atoms with E-state index < -0.39 is 0 Å². The molecule has 5 aromatic rings. The van der Waals surface area contributed by atoms with E-state index in [2.05, 4.69) is 121 Å². The molecule has 2 heterocycles. The monoisotopic (exact) mass is 390 g/mol. The molecule has 30 heavy (non-hydrogen) atoms. The third-order valence-corrected chi connectivity index (χ3v) is 6.12. The molecule has 0 spiro atoms. The molecule has 0 radical (unpaired) electrons. The molecule has 0 aliphatic carbocycles. The number of benzene rings is 3. The SMILES string of the molecule is C[n+]1ccc2ccccc2c1Cc1ccc(Cc2c3ccccc3cc[n+]2C)cc1. The molecule has 2 aromatic heterocycles. The third-order valence-electron chi connectivity index (χ3n) is 6.12. The Morgan fingerprint density at radius 2 is 0.900 bits per heavy atom. The minimum atomic E-state index is 0.931. The molecule has 0 aliphatic heterocycles. The highest BCUT2D eigenvalue weighted by atomic mass is 14.9. The summed E-state index contributed by atoms with van der Waals surface area (Å²) in [6.07, 6.45) is 6.18. The van der Waals surface area contributed by atoms with Gasteiger partial charge in [-0.1, -0.05) is 60.7 Å². The van der Waals surface area contributed by atoms with Gasteiger partial charge in [0.25, 0.3) is 0 Å². The molecular weight excluding hydrogens is 364 g/mol. The van der Waals surface area contributed by atoms with Crippen molar-refractivity contribution in [3.05, 3.63) is 120 Å². The maximum atomic E-state index is 2.28. The molecule has 0 saturated heterocycles. The number of aryl methyl sites for hydroxylation is 2. The van der Waals surface area contributed by atoms with Gasteiger partial charge in [0, 0.05) is 22.9 Å². The van der Waals surface area contributed by atoms with Crippen LogP contribution in [0.25, 0.3) is 21.5 Å². The number of hydrogen-bond acceptors (Lipinski definition) is 0. The van der Waals surface area contributed by atoms with Crippen LogP contribution in [0.4, 0.5) is 0 Å². The lowest BCUT2D eigenvalue weighted by Crippen LogP contribution is -2.33. The number of nitrogens with zero attached hydrogens (tertiary/aromatic N) is 2. The van der Waals surface area contributed by atoms with E-state index >= 15 is 0 Å². The summed E-state index contributed by atoms with van der Waals surface area (Å²) in [5, 5.41) is 5.25. The summed E-state index contributed by atoms with van der Waals surface area (Å²) >= 11 is 0. The molecule has 0 saturated carbocycles. The first-order valence-corrected chi connectivity index (χ1v) is 10.5. The summed E-state index contributed by atoms with van der Waals surface area (Å²) in [5.74, 6) is 0. The lowest BCUT2D eigenvalue weighted by atomic mass is 9.99. The molecule has 0 bridgehead atoms. The smallest absolute Gasteiger partial charge is 0.193 e. The van der Waals surface area contributed by atoms with E-state index in [0.29, 0.717) is 0 Å². The van der Waals surface area contributed by atoms with E-state index in [1.54, 1.807) is 0 Å². The highest BCUT2D eigenvalue weighted by Crippen LogP contribution is 2.21. The van der Waals surface area contributed by atoms with Gasteiger partial charge in [-0.3, -0.25) is 0 Å². The zero-order valence-electron chi connectivity index (χ0n) is 17.5. The van der Waals surface area contributed by atoms with Gasteiger partial charge in [-0.2, -0.15) is 0 Å². The summed E-state index contributed by atoms with van der Waals surface area (Å²) in [6, 6.07) is 30.8. The van der Waals surface area contributed by atoms with Crippen LogP contribution in [0.15, 0.2) is 97.3 Å². The molecule has 0 unspecified atom stereocenters. The first-order valence-electron chi connectivity index (χ1n) is 10.5. The Kier molecular flexibility index (Phi) is 4.76. The Hall–Kier alpha value is -3.52. The average molecular weight is 391 g/mol. The summed E-state index contributed by atoms with van der Waals surface area (Å²) < 4.78 is 4.48. The normalized spacial score (nSPS) is 11.3. The highest BCUT2D eigenvalue weighted by molar-refractivity contribution is 5.84. The van der Waals surface area contributed by atoms with Crippen molar-refractivity contribution in [2.24, 2.45) is 14.1 Å². The quantitative estimate of drug-likeness (QED) is 0.389. The standard InChI is InChI=1S/C28H26N2/c1-29-17-15-23-7-3-5-9-25(23)27(29)19-21-11-13-22(14-12-21)20-28-26-10-6-4-8-24(26)16-18-30(28)2/h3-18H,19-20H2,1-2H3/q+2. The Labute approximate surface area is 177 Å². The molecule has 0 atom stereocenters. The largest absolute Gasteiger partial charge is 0.204 e. The minimum absolute atomic E-state index is 0.931. The second kappa shape index (κ2) is 7.72. The van der Waals surface area contributed by atoms with Crippen LogP contribution in [0.2, 0.25) is 0 Å². The van der Waals surface area contributed by atoms with Crippen molar-refractivity contribution >= 4 is 21.5 Å². The molecular formula is C28H26N2+2. The molecule has 3 aromatic carbocycles. The second-order valence-corrected chi connectivity index (χ2v) is 8.09. The highest BCUT2D eigenvalue weighted by Gasteiger charge is 2.15. The van der Waals surface area contributed by atoms with Crippen LogP contribution in [0.5, 0.6) is 0 Å². The van der Waals surface area contributed by atoms with Gasteiger partial charge < -0.3 is 0 Å². The predicted octanol–water partition coefficient (Wildman–Crippen LogP) is 4.82. The van der Waals surface area contributed by atoms with E-state index in [1.807, 2.05) is 0 Å². The van der Waals surface area contributed by atoms with Crippen LogP contribution >= 0.6 is 0 Å². The van der Waals surface area contributed by atoms with Crippen molar-refractivity contribution in [3.8, 4) is 0 Å². The van der Waals surface area contributed by atoms with Gasteiger partial charge >= 0.3 is 0 Å². The topological polar surface area (TPSA) is 7.76 Å². The zero-order chi connectivity index (χ0) is 20.5. The molecule has 5 rings (SSSR count). The summed E-state index contributed by atoms with van der Waals surface area (Å²) in [5.41, 5.74) is 5.38. The van der Waals surface area contributed by atoms with E-state index in [-0.39, 0.29) is 0 Å². The van der Waals surface area contributed by atoms with E-state index in [1.165, 1.54) is 44.1 Å². The van der Waals surface area contributed by atoms with Gasteiger partial charge in [0.15, 0.2) is 23.8 Å². The van der Waals surface area contributed by atoms with Crippen LogP contribution in [-0.4, -0.2) is 0 Å². The van der Waals surface area contributed by atoms with Gasteiger partial charge in [0.2, 0.25) is 0 Å². The number of fused-ring (bicyclic) bond motifs is 2. The first kappa shape index (κ1) is 18.5. The number of pyridine rings is 2. The Morgan fingerprint density at radius 3 is 1.33 bits per heavy atom. The molecule has 0 fully saturated rings. The van der Waals surface area contributed by atoms with E-state index in [9.17, 15) is 0 Å². The number of rotatable bonds is 4. The average Bonchev–Trinajstić information content (AvgIpc) is 2.79. The van der Waals surface area contributed by atoms with Crippen molar-refractivity contribution < 1.29 is 9.13 Å². The van der Waals surface area contributed by atoms with Gasteiger partial charge in [-0.15, -0.1) is 0 Å². The Morgan fingerprint density at radius 1 is 0.500 bits per heavy atom. The maximum Gasteiger partial charge on any atom is 0.193 e. The van der Waals surface area contributed by atoms with Crippen molar-refractivity contribution in [2.75, 3.05) is 0 Å². The van der Waals surface area contributed by atoms with Crippen LogP contribution in [-0.2, 0) is 26.9 Å². The molecule has 2 heteroatoms. The van der Waals surface area contributed by atoms with E-state index in [0.717, 1.165) is 12.8 Å². The molecule has 0 aliphatic rings. The van der Waals surface area contributed by atoms with E-state index in [4.69, 9.17) is 0 Å². The molecule has 2 nitrogen and oxygen atoms in total. The van der Waals surface area contributed by atoms with Gasteiger partial charge in [0.05, 0.1) is 12.8 Å². The lowest BCUT2D eigenvalue weighted by Gasteiger charge is -2.07. The zero-order valence-corrected chi connectivity index (χ0v) is 17.5. The molecule has 0 amide bonds. The van der Waals surface area contributed by atoms with Gasteiger partial charge in [-0.05, 0) is 34.0 Å². The Bertz CT molecular complexity index is 1240. The maximum absolute atomic E-state index is 2.28. The van der Waals surface area contributed by atoms with Crippen LogP contribution < -0.4 is 9.13 Å². The van der Waals surface area contributed by atoms with Crippen molar-refractivity contribution in [1.82, 2.24) is 0 Å². The van der Waals surface area contributed by atoms with Gasteiger partial charge in [0.1, 0.15) is 14.1 Å². The minimum Gasteiger partial charge on any atom is -0.204 e. The summed E-state index contributed by atoms with van der Waals surface area (Å²) in [4.78, 5) is 0. The fraction of sp³-hybridized carbons (Fsp3) is 0.143. The summed E-state index contributed by atoms with van der Waals surface area (Å²) in [7, 11) is 4.27. The van der Waals surface area contributed by atoms with Gasteiger partial charge in [-0.25, -0.2) is 9.13 Å². The summed E-state index contributed by atoms with van der Waals surface area (Å²) in [6.45, 7) is 0. The van der Waals surface area contributed by atoms with Crippen molar-refractivity contribution in [3.63, 3.8) is 0 Å².